The number of benzene rings is 1. The Bertz CT molecular complexity index is 617. The summed E-state index contributed by atoms with van der Waals surface area (Å²) in [5.41, 5.74) is 3.64. The van der Waals surface area contributed by atoms with Gasteiger partial charge in [-0.05, 0) is 44.0 Å². The van der Waals surface area contributed by atoms with Crippen LogP contribution in [0.4, 0.5) is 0 Å². The number of aromatic nitrogens is 2. The quantitative estimate of drug-likeness (QED) is 0.795. The zero-order valence-electron chi connectivity index (χ0n) is 11.4. The lowest BCUT2D eigenvalue weighted by Crippen LogP contribution is -2.03. The van der Waals surface area contributed by atoms with E-state index >= 15 is 0 Å². The molecule has 0 aliphatic heterocycles. The highest BCUT2D eigenvalue weighted by Crippen LogP contribution is 2.22. The van der Waals surface area contributed by atoms with Crippen molar-refractivity contribution in [3.63, 3.8) is 0 Å². The maximum absolute atomic E-state index is 11.4. The Morgan fingerprint density at radius 2 is 2.00 bits per heavy atom. The molecule has 0 radical (unpaired) electrons. The van der Waals surface area contributed by atoms with E-state index in [1.165, 1.54) is 6.92 Å². The fourth-order valence-corrected chi connectivity index (χ4v) is 2.35. The van der Waals surface area contributed by atoms with E-state index in [1.54, 1.807) is 12.1 Å². The van der Waals surface area contributed by atoms with Gasteiger partial charge in [-0.2, -0.15) is 5.10 Å². The third-order valence-corrected chi connectivity index (χ3v) is 3.45. The number of carbonyl (C=O) groups is 1. The van der Waals surface area contributed by atoms with Crippen molar-refractivity contribution in [3.8, 4) is 5.69 Å². The lowest BCUT2D eigenvalue weighted by atomic mass is 10.1. The minimum Gasteiger partial charge on any atom is -0.294 e. The first kappa shape index (κ1) is 13.8. The van der Waals surface area contributed by atoms with E-state index in [1.807, 2.05) is 10.7 Å². The molecule has 0 fully saturated rings. The van der Waals surface area contributed by atoms with Crippen LogP contribution in [0.15, 0.2) is 24.3 Å². The molecular weight excluding hydrogens is 260 g/mol. The fourth-order valence-electron chi connectivity index (χ4n) is 2.04. The molecular formula is C15H17ClN2O. The second kappa shape index (κ2) is 5.57. The average molecular weight is 277 g/mol. The van der Waals surface area contributed by atoms with Gasteiger partial charge in [0.2, 0.25) is 0 Å². The van der Waals surface area contributed by atoms with Crippen LogP contribution in [0.25, 0.3) is 5.69 Å². The van der Waals surface area contributed by atoms with E-state index in [2.05, 4.69) is 25.0 Å². The van der Waals surface area contributed by atoms with E-state index in [0.29, 0.717) is 10.6 Å². The summed E-state index contributed by atoms with van der Waals surface area (Å²) in [7, 11) is 0. The van der Waals surface area contributed by atoms with Gasteiger partial charge in [0.05, 0.1) is 16.4 Å². The first-order valence-corrected chi connectivity index (χ1v) is 6.83. The predicted molar refractivity (Wildman–Crippen MR) is 77.3 cm³/mol. The van der Waals surface area contributed by atoms with Crippen LogP contribution in [-0.4, -0.2) is 15.6 Å². The van der Waals surface area contributed by atoms with Crippen LogP contribution in [0, 0.1) is 0 Å². The summed E-state index contributed by atoms with van der Waals surface area (Å²) in [5, 5.41) is 5.03. The van der Waals surface area contributed by atoms with Gasteiger partial charge in [0.25, 0.3) is 0 Å². The van der Waals surface area contributed by atoms with Crippen molar-refractivity contribution in [1.82, 2.24) is 9.78 Å². The van der Waals surface area contributed by atoms with E-state index in [9.17, 15) is 4.79 Å². The molecule has 0 aliphatic carbocycles. The molecule has 2 rings (SSSR count). The van der Waals surface area contributed by atoms with Crippen LogP contribution in [0.2, 0.25) is 5.02 Å². The van der Waals surface area contributed by atoms with Crippen LogP contribution in [0.5, 0.6) is 0 Å². The van der Waals surface area contributed by atoms with Crippen molar-refractivity contribution in [2.24, 2.45) is 0 Å². The molecule has 0 N–H and O–H groups in total. The highest BCUT2D eigenvalue weighted by atomic mass is 35.5. The topological polar surface area (TPSA) is 34.9 Å². The molecule has 19 heavy (non-hydrogen) atoms. The van der Waals surface area contributed by atoms with Crippen LogP contribution in [-0.2, 0) is 12.8 Å². The maximum atomic E-state index is 11.4. The van der Waals surface area contributed by atoms with Crippen molar-refractivity contribution in [2.45, 2.75) is 33.6 Å². The summed E-state index contributed by atoms with van der Waals surface area (Å²) >= 11 is 6.15. The Kier molecular flexibility index (Phi) is 4.05. The number of Topliss-reactive ketones (excluding diaryl/α,β-unsaturated/α-hetero) is 1. The van der Waals surface area contributed by atoms with Crippen LogP contribution in [0.3, 0.4) is 0 Å². The first-order chi connectivity index (χ1) is 9.06. The number of halogens is 1. The number of hydrogen-bond acceptors (Lipinski definition) is 2. The van der Waals surface area contributed by atoms with Gasteiger partial charge < -0.3 is 0 Å². The normalized spacial score (nSPS) is 10.7. The van der Waals surface area contributed by atoms with Gasteiger partial charge >= 0.3 is 0 Å². The number of hydrogen-bond donors (Lipinski definition) is 0. The number of carbonyl (C=O) groups excluding carboxylic acids is 1. The Morgan fingerprint density at radius 3 is 2.53 bits per heavy atom. The van der Waals surface area contributed by atoms with Gasteiger partial charge in [-0.15, -0.1) is 0 Å². The van der Waals surface area contributed by atoms with Crippen LogP contribution in [0.1, 0.15) is 42.5 Å². The lowest BCUT2D eigenvalue weighted by molar-refractivity contribution is 0.101. The van der Waals surface area contributed by atoms with Gasteiger partial charge in [0, 0.05) is 11.3 Å². The number of nitrogens with zero attached hydrogens (tertiary/aromatic N) is 2. The van der Waals surface area contributed by atoms with E-state index in [-0.39, 0.29) is 5.78 Å². The van der Waals surface area contributed by atoms with Crippen molar-refractivity contribution in [3.05, 3.63) is 46.2 Å². The molecule has 0 aliphatic rings. The lowest BCUT2D eigenvalue weighted by Gasteiger charge is -2.08. The van der Waals surface area contributed by atoms with Gasteiger partial charge in [-0.3, -0.25) is 4.79 Å². The summed E-state index contributed by atoms with van der Waals surface area (Å²) in [5.74, 6) is -0.0259. The summed E-state index contributed by atoms with van der Waals surface area (Å²) in [4.78, 5) is 11.4. The zero-order valence-corrected chi connectivity index (χ0v) is 12.2. The van der Waals surface area contributed by atoms with Gasteiger partial charge in [0.1, 0.15) is 0 Å². The SMILES string of the molecule is CCc1cc(CC)n(-c2ccc(C(C)=O)c(Cl)c2)n1. The highest BCUT2D eigenvalue weighted by molar-refractivity contribution is 6.34. The van der Waals surface area contributed by atoms with E-state index in [0.717, 1.165) is 29.9 Å². The van der Waals surface area contributed by atoms with Crippen molar-refractivity contribution < 1.29 is 4.79 Å². The zero-order chi connectivity index (χ0) is 14.0. The summed E-state index contributed by atoms with van der Waals surface area (Å²) in [6.45, 7) is 5.69. The standard InChI is InChI=1S/C15H17ClN2O/c1-4-11-8-12(5-2)18(17-11)13-6-7-14(10(3)19)15(16)9-13/h6-9H,4-5H2,1-3H3. The number of rotatable bonds is 4. The van der Waals surface area contributed by atoms with Crippen molar-refractivity contribution in [1.29, 1.82) is 0 Å². The third kappa shape index (κ3) is 2.71. The minimum absolute atomic E-state index is 0.0259. The largest absolute Gasteiger partial charge is 0.294 e. The van der Waals surface area contributed by atoms with Crippen LogP contribution >= 0.6 is 11.6 Å². The molecule has 0 saturated carbocycles. The Hall–Kier alpha value is -1.61. The Balaban J connectivity index is 2.50. The van der Waals surface area contributed by atoms with E-state index in [4.69, 9.17) is 11.6 Å². The number of ketones is 1. The molecule has 0 bridgehead atoms. The fraction of sp³-hybridized carbons (Fsp3) is 0.333. The molecule has 0 atom stereocenters. The third-order valence-electron chi connectivity index (χ3n) is 3.13. The molecule has 1 heterocycles. The van der Waals surface area contributed by atoms with Crippen LogP contribution < -0.4 is 0 Å². The van der Waals surface area contributed by atoms with E-state index < -0.39 is 0 Å². The second-order valence-corrected chi connectivity index (χ2v) is 4.87. The molecule has 4 heteroatoms. The predicted octanol–water partition coefficient (Wildman–Crippen LogP) is 3.85. The van der Waals surface area contributed by atoms with Crippen molar-refractivity contribution in [2.75, 3.05) is 0 Å². The average Bonchev–Trinajstić information content (AvgIpc) is 2.81. The Morgan fingerprint density at radius 1 is 1.26 bits per heavy atom. The minimum atomic E-state index is -0.0259. The highest BCUT2D eigenvalue weighted by Gasteiger charge is 2.11. The first-order valence-electron chi connectivity index (χ1n) is 6.45. The monoisotopic (exact) mass is 276 g/mol. The summed E-state index contributed by atoms with van der Waals surface area (Å²) in [6, 6.07) is 7.54. The van der Waals surface area contributed by atoms with Gasteiger partial charge in [-0.1, -0.05) is 25.4 Å². The molecule has 0 amide bonds. The molecule has 0 saturated heterocycles. The summed E-state index contributed by atoms with van der Waals surface area (Å²) < 4.78 is 1.90. The van der Waals surface area contributed by atoms with Gasteiger partial charge in [0.15, 0.2) is 5.78 Å². The summed E-state index contributed by atoms with van der Waals surface area (Å²) in [6.07, 6.45) is 1.80. The maximum Gasteiger partial charge on any atom is 0.161 e. The molecule has 100 valence electrons. The molecule has 0 unspecified atom stereocenters. The molecule has 3 nitrogen and oxygen atoms in total. The molecule has 0 spiro atoms. The molecule has 1 aromatic heterocycles. The second-order valence-electron chi connectivity index (χ2n) is 4.47. The molecule has 1 aromatic carbocycles. The smallest absolute Gasteiger partial charge is 0.161 e. The molecule has 2 aromatic rings. The Labute approximate surface area is 118 Å². The van der Waals surface area contributed by atoms with Gasteiger partial charge in [-0.25, -0.2) is 4.68 Å². The number of aryl methyl sites for hydroxylation is 2. The van der Waals surface area contributed by atoms with Crippen molar-refractivity contribution >= 4 is 17.4 Å².